The van der Waals surface area contributed by atoms with Crippen LogP contribution in [0.15, 0.2) is 61.1 Å². The predicted octanol–water partition coefficient (Wildman–Crippen LogP) is 4.17. The number of nitrogens with one attached hydrogen (secondary N) is 1. The van der Waals surface area contributed by atoms with E-state index >= 15 is 0 Å². The van der Waals surface area contributed by atoms with Gasteiger partial charge in [0.1, 0.15) is 23.2 Å². The molecular weight excluding hydrogens is 438 g/mol. The van der Waals surface area contributed by atoms with Crippen LogP contribution in [0.1, 0.15) is 30.5 Å². The topological polar surface area (TPSA) is 71.8 Å². The Bertz CT molecular complexity index is 1420. The Morgan fingerprint density at radius 2 is 1.91 bits per heavy atom. The normalized spacial score (nSPS) is 16.6. The van der Waals surface area contributed by atoms with Crippen molar-refractivity contribution in [3.05, 3.63) is 77.7 Å². The first-order valence-corrected chi connectivity index (χ1v) is 12.1. The monoisotopic (exact) mass is 467 g/mol. The van der Waals surface area contributed by atoms with Gasteiger partial charge in [-0.2, -0.15) is 5.10 Å². The molecule has 0 saturated carbocycles. The average Bonchev–Trinajstić information content (AvgIpc) is 3.37. The molecule has 2 aromatic heterocycles. The third-order valence-corrected chi connectivity index (χ3v) is 6.93. The lowest BCUT2D eigenvalue weighted by molar-refractivity contribution is -0.125. The number of ether oxygens (including phenoxy) is 1. The number of carbonyl (C=O) groups is 1. The zero-order valence-electron chi connectivity index (χ0n) is 20.3. The number of fused-ring (bicyclic) bond motifs is 2. The van der Waals surface area contributed by atoms with Gasteiger partial charge in [-0.25, -0.2) is 9.50 Å². The molecule has 0 atom stereocenters. The largest absolute Gasteiger partial charge is 0.487 e. The smallest absolute Gasteiger partial charge is 0.226 e. The lowest BCUT2D eigenvalue weighted by atomic mass is 9.98. The van der Waals surface area contributed by atoms with Gasteiger partial charge >= 0.3 is 0 Å². The van der Waals surface area contributed by atoms with Gasteiger partial charge in [0.2, 0.25) is 5.91 Å². The van der Waals surface area contributed by atoms with Gasteiger partial charge in [0, 0.05) is 37.8 Å². The summed E-state index contributed by atoms with van der Waals surface area (Å²) in [6.07, 6.45) is 4.52. The first kappa shape index (κ1) is 21.6. The van der Waals surface area contributed by atoms with Crippen LogP contribution in [-0.2, 0) is 17.8 Å². The van der Waals surface area contributed by atoms with Crippen LogP contribution >= 0.6 is 0 Å². The summed E-state index contributed by atoms with van der Waals surface area (Å²) in [5.41, 5.74) is 6.50. The highest BCUT2D eigenvalue weighted by atomic mass is 16.5. The molecule has 4 aromatic rings. The number of hydrogen-bond acceptors (Lipinski definition) is 5. The van der Waals surface area contributed by atoms with E-state index in [9.17, 15) is 4.79 Å². The van der Waals surface area contributed by atoms with E-state index < -0.39 is 0 Å². The fourth-order valence-electron chi connectivity index (χ4n) is 4.94. The van der Waals surface area contributed by atoms with E-state index in [1.54, 1.807) is 6.33 Å². The van der Waals surface area contributed by atoms with Crippen molar-refractivity contribution in [1.82, 2.24) is 19.9 Å². The van der Waals surface area contributed by atoms with Crippen LogP contribution < -0.4 is 15.0 Å². The Hall–Kier alpha value is -3.87. The third kappa shape index (κ3) is 4.11. The van der Waals surface area contributed by atoms with Crippen LogP contribution in [0, 0.1) is 12.8 Å². The van der Waals surface area contributed by atoms with E-state index in [0.29, 0.717) is 19.6 Å². The molecule has 4 heterocycles. The summed E-state index contributed by atoms with van der Waals surface area (Å²) in [6.45, 7) is 8.14. The van der Waals surface area contributed by atoms with Gasteiger partial charge in [0.15, 0.2) is 5.82 Å². The minimum Gasteiger partial charge on any atom is -0.487 e. The maximum Gasteiger partial charge on any atom is 0.226 e. The summed E-state index contributed by atoms with van der Waals surface area (Å²) in [5, 5.41) is 7.48. The molecule has 2 aromatic carbocycles. The molecule has 35 heavy (non-hydrogen) atoms. The van der Waals surface area contributed by atoms with Crippen LogP contribution in [0.3, 0.4) is 0 Å². The van der Waals surface area contributed by atoms with Gasteiger partial charge in [0.05, 0.1) is 5.92 Å². The van der Waals surface area contributed by atoms with E-state index in [0.717, 1.165) is 40.2 Å². The van der Waals surface area contributed by atoms with Gasteiger partial charge in [-0.1, -0.05) is 42.0 Å². The Morgan fingerprint density at radius 1 is 1.11 bits per heavy atom. The van der Waals surface area contributed by atoms with Crippen molar-refractivity contribution < 1.29 is 9.53 Å². The van der Waals surface area contributed by atoms with Crippen molar-refractivity contribution in [1.29, 1.82) is 0 Å². The second kappa shape index (κ2) is 8.12. The van der Waals surface area contributed by atoms with Gasteiger partial charge < -0.3 is 15.0 Å². The van der Waals surface area contributed by atoms with Crippen LogP contribution in [0.4, 0.5) is 5.82 Å². The second-order valence-corrected chi connectivity index (χ2v) is 10.3. The summed E-state index contributed by atoms with van der Waals surface area (Å²) < 4.78 is 7.99. The molecule has 178 valence electrons. The number of benzene rings is 2. The van der Waals surface area contributed by atoms with Gasteiger partial charge in [-0.05, 0) is 49.6 Å². The summed E-state index contributed by atoms with van der Waals surface area (Å²) >= 11 is 0. The zero-order valence-corrected chi connectivity index (χ0v) is 20.3. The highest BCUT2D eigenvalue weighted by Gasteiger charge is 2.35. The van der Waals surface area contributed by atoms with Crippen molar-refractivity contribution in [2.24, 2.45) is 5.92 Å². The summed E-state index contributed by atoms with van der Waals surface area (Å²) in [4.78, 5) is 19.3. The molecule has 2 aliphatic rings. The fraction of sp³-hybridized carbons (Fsp3) is 0.321. The Labute approximate surface area is 204 Å². The van der Waals surface area contributed by atoms with E-state index in [2.05, 4.69) is 89.6 Å². The first-order chi connectivity index (χ1) is 16.8. The Balaban J connectivity index is 1.15. The van der Waals surface area contributed by atoms with Crippen molar-refractivity contribution in [2.45, 2.75) is 39.3 Å². The van der Waals surface area contributed by atoms with Crippen LogP contribution in [0.2, 0.25) is 0 Å². The van der Waals surface area contributed by atoms with E-state index in [1.807, 2.05) is 10.7 Å². The average molecular weight is 468 g/mol. The number of hydrogen-bond donors (Lipinski definition) is 1. The molecular formula is C28H29N5O2. The molecule has 1 fully saturated rings. The zero-order chi connectivity index (χ0) is 24.2. The van der Waals surface area contributed by atoms with Gasteiger partial charge in [-0.3, -0.25) is 4.79 Å². The molecule has 0 spiro atoms. The molecule has 0 radical (unpaired) electrons. The molecule has 2 aliphatic heterocycles. The number of rotatable bonds is 5. The minimum atomic E-state index is -0.161. The van der Waals surface area contributed by atoms with Gasteiger partial charge in [0.25, 0.3) is 0 Å². The highest BCUT2D eigenvalue weighted by Crippen LogP contribution is 2.38. The molecule has 1 saturated heterocycles. The lowest BCUT2D eigenvalue weighted by Gasteiger charge is -2.39. The van der Waals surface area contributed by atoms with Crippen molar-refractivity contribution in [3.63, 3.8) is 0 Å². The molecule has 1 N–H and O–H groups in total. The SMILES string of the molecule is Cc1ccc(CNC(=O)C2CN(c3ncnn4cc(-c5ccc6c(c5)OC(C)(C)C6)cc34)C2)cc1. The third-order valence-electron chi connectivity index (χ3n) is 6.93. The predicted molar refractivity (Wildman–Crippen MR) is 136 cm³/mol. The van der Waals surface area contributed by atoms with Crippen LogP contribution in [-0.4, -0.2) is 39.2 Å². The number of anilines is 1. The maximum absolute atomic E-state index is 12.6. The molecule has 0 unspecified atom stereocenters. The fourth-order valence-corrected chi connectivity index (χ4v) is 4.94. The summed E-state index contributed by atoms with van der Waals surface area (Å²) in [6, 6.07) is 16.8. The molecule has 6 rings (SSSR count). The maximum atomic E-state index is 12.6. The highest BCUT2D eigenvalue weighted by molar-refractivity contribution is 5.84. The Morgan fingerprint density at radius 3 is 2.71 bits per heavy atom. The number of nitrogens with zero attached hydrogens (tertiary/aromatic N) is 4. The number of aryl methyl sites for hydroxylation is 1. The minimum absolute atomic E-state index is 0.0397. The number of carbonyl (C=O) groups excluding carboxylic acids is 1. The van der Waals surface area contributed by atoms with Crippen molar-refractivity contribution >= 4 is 17.2 Å². The standard InChI is InChI=1S/C28H29N5O2/c1-18-4-6-19(7-5-18)13-29-27(34)23-14-32(15-23)26-24-10-22(16-33(24)31-17-30-26)20-8-9-21-12-28(2,3)35-25(21)11-20/h4-11,16-17,23H,12-15H2,1-3H3,(H,29,34). The first-order valence-electron chi connectivity index (χ1n) is 12.1. The van der Waals surface area contributed by atoms with E-state index in [-0.39, 0.29) is 17.4 Å². The molecule has 0 aliphatic carbocycles. The lowest BCUT2D eigenvalue weighted by Crippen LogP contribution is -2.54. The van der Waals surface area contributed by atoms with Crippen LogP contribution in [0.5, 0.6) is 5.75 Å². The van der Waals surface area contributed by atoms with Crippen molar-refractivity contribution in [3.8, 4) is 16.9 Å². The Kier molecular flexibility index (Phi) is 5.02. The van der Waals surface area contributed by atoms with Crippen LogP contribution in [0.25, 0.3) is 16.6 Å². The van der Waals surface area contributed by atoms with Crippen molar-refractivity contribution in [2.75, 3.05) is 18.0 Å². The molecule has 0 bridgehead atoms. The van der Waals surface area contributed by atoms with E-state index in [1.165, 1.54) is 11.1 Å². The molecule has 7 heteroatoms. The van der Waals surface area contributed by atoms with Gasteiger partial charge in [-0.15, -0.1) is 0 Å². The number of aromatic nitrogens is 3. The number of amides is 1. The molecule has 1 amide bonds. The van der Waals surface area contributed by atoms with E-state index in [4.69, 9.17) is 4.74 Å². The molecule has 7 nitrogen and oxygen atoms in total. The summed E-state index contributed by atoms with van der Waals surface area (Å²) in [5.74, 6) is 1.86. The quantitative estimate of drug-likeness (QED) is 0.477. The summed E-state index contributed by atoms with van der Waals surface area (Å²) in [7, 11) is 0. The second-order valence-electron chi connectivity index (χ2n) is 10.3.